The zero-order valence-corrected chi connectivity index (χ0v) is 19.3. The van der Waals surface area contributed by atoms with Crippen LogP contribution in [0, 0.1) is 5.41 Å². The minimum absolute atomic E-state index is 0. The Labute approximate surface area is 184 Å². The van der Waals surface area contributed by atoms with Crippen LogP contribution in [-0.2, 0) is 4.79 Å². The van der Waals surface area contributed by atoms with Gasteiger partial charge >= 0.3 is 0 Å². The van der Waals surface area contributed by atoms with Crippen molar-refractivity contribution in [2.75, 3.05) is 40.8 Å². The van der Waals surface area contributed by atoms with Gasteiger partial charge < -0.3 is 20.9 Å². The fourth-order valence-electron chi connectivity index (χ4n) is 3.51. The molecule has 0 spiro atoms. The molecule has 0 aromatic heterocycles. The van der Waals surface area contributed by atoms with Crippen LogP contribution >= 0.6 is 24.0 Å². The van der Waals surface area contributed by atoms with Crippen LogP contribution in [0.25, 0.3) is 0 Å². The number of benzene rings is 1. The molecule has 1 aliphatic rings. The number of aliphatic imine (C=N–C) groups is 1. The van der Waals surface area contributed by atoms with Gasteiger partial charge in [0.25, 0.3) is 5.91 Å². The number of nitrogens with zero attached hydrogens (tertiary/aromatic N) is 2. The second-order valence-electron chi connectivity index (χ2n) is 7.16. The van der Waals surface area contributed by atoms with Crippen molar-refractivity contribution >= 4 is 41.8 Å². The summed E-state index contributed by atoms with van der Waals surface area (Å²) >= 11 is 0. The van der Waals surface area contributed by atoms with Gasteiger partial charge in [0.15, 0.2) is 5.96 Å². The highest BCUT2D eigenvalue weighted by atomic mass is 127. The van der Waals surface area contributed by atoms with Crippen LogP contribution < -0.4 is 16.0 Å². The number of hydrogen-bond acceptors (Lipinski definition) is 3. The molecule has 1 saturated carbocycles. The Morgan fingerprint density at radius 3 is 2.21 bits per heavy atom. The third kappa shape index (κ3) is 6.65. The second kappa shape index (κ2) is 11.9. The summed E-state index contributed by atoms with van der Waals surface area (Å²) in [5.41, 5.74) is 0.299. The van der Waals surface area contributed by atoms with E-state index >= 15 is 0 Å². The Hall–Kier alpha value is -1.84. The number of carbonyl (C=O) groups excluding carboxylic acids is 2. The maximum absolute atomic E-state index is 12.6. The lowest BCUT2D eigenvalue weighted by Gasteiger charge is -2.31. The molecule has 8 heteroatoms. The normalized spacial score (nSPS) is 15.3. The maximum atomic E-state index is 12.6. The summed E-state index contributed by atoms with van der Waals surface area (Å²) < 4.78 is 0. The molecule has 0 bridgehead atoms. The molecular weight excluding hydrogens is 469 g/mol. The molecule has 0 aliphatic heterocycles. The lowest BCUT2D eigenvalue weighted by Crippen LogP contribution is -2.50. The fourth-order valence-corrected chi connectivity index (χ4v) is 3.51. The van der Waals surface area contributed by atoms with Crippen LogP contribution in [0.1, 0.15) is 36.0 Å². The standard InChI is InChI=1S/C20H31N5O2.HI/c1-21-19(23-14-13-22-17(26)16-9-5-4-6-10-16)24-15-20(11-7-8-12-20)18(27)25(2)3;/h4-6,9-10H,7-8,11-15H2,1-3H3,(H,22,26)(H2,21,23,24);1H. The third-order valence-electron chi connectivity index (χ3n) is 4.98. The quantitative estimate of drug-likeness (QED) is 0.231. The highest BCUT2D eigenvalue weighted by molar-refractivity contribution is 14.0. The van der Waals surface area contributed by atoms with Gasteiger partial charge in [-0.1, -0.05) is 31.0 Å². The lowest BCUT2D eigenvalue weighted by atomic mass is 9.84. The van der Waals surface area contributed by atoms with Crippen LogP contribution in [0.5, 0.6) is 0 Å². The number of hydrogen-bond donors (Lipinski definition) is 3. The topological polar surface area (TPSA) is 85.8 Å². The van der Waals surface area contributed by atoms with Crippen molar-refractivity contribution in [3.05, 3.63) is 35.9 Å². The predicted octanol–water partition coefficient (Wildman–Crippen LogP) is 1.85. The molecule has 1 aliphatic carbocycles. The first-order valence-electron chi connectivity index (χ1n) is 9.48. The average molecular weight is 501 g/mol. The van der Waals surface area contributed by atoms with Gasteiger partial charge in [0, 0.05) is 46.3 Å². The molecule has 1 fully saturated rings. The van der Waals surface area contributed by atoms with E-state index in [1.54, 1.807) is 24.1 Å². The first-order chi connectivity index (χ1) is 13.0. The Kier molecular flexibility index (Phi) is 10.3. The average Bonchev–Trinajstić information content (AvgIpc) is 3.17. The summed E-state index contributed by atoms with van der Waals surface area (Å²) in [4.78, 5) is 30.5. The van der Waals surface area contributed by atoms with E-state index in [0.29, 0.717) is 31.2 Å². The van der Waals surface area contributed by atoms with Gasteiger partial charge in [-0.05, 0) is 25.0 Å². The zero-order chi connectivity index (χ0) is 19.7. The number of halogens is 1. The molecule has 1 aromatic rings. The molecule has 1 aromatic carbocycles. The molecule has 0 heterocycles. The molecule has 0 unspecified atom stereocenters. The van der Waals surface area contributed by atoms with E-state index in [-0.39, 0.29) is 41.2 Å². The Morgan fingerprint density at radius 1 is 1.04 bits per heavy atom. The summed E-state index contributed by atoms with van der Waals surface area (Å²) in [7, 11) is 5.32. The number of rotatable bonds is 7. The second-order valence-corrected chi connectivity index (χ2v) is 7.16. The summed E-state index contributed by atoms with van der Waals surface area (Å²) in [6.07, 6.45) is 3.97. The van der Waals surface area contributed by atoms with Crippen molar-refractivity contribution in [3.8, 4) is 0 Å². The van der Waals surface area contributed by atoms with E-state index in [4.69, 9.17) is 0 Å². The van der Waals surface area contributed by atoms with E-state index in [1.807, 2.05) is 32.3 Å². The van der Waals surface area contributed by atoms with E-state index in [2.05, 4.69) is 20.9 Å². The van der Waals surface area contributed by atoms with Crippen molar-refractivity contribution in [1.29, 1.82) is 0 Å². The van der Waals surface area contributed by atoms with Crippen LogP contribution in [0.2, 0.25) is 0 Å². The van der Waals surface area contributed by atoms with E-state index in [1.165, 1.54) is 0 Å². The molecule has 2 amide bonds. The zero-order valence-electron chi connectivity index (χ0n) is 17.0. The highest BCUT2D eigenvalue weighted by Crippen LogP contribution is 2.38. The van der Waals surface area contributed by atoms with Crippen molar-refractivity contribution in [2.45, 2.75) is 25.7 Å². The minimum Gasteiger partial charge on any atom is -0.355 e. The van der Waals surface area contributed by atoms with Gasteiger partial charge in [-0.15, -0.1) is 24.0 Å². The van der Waals surface area contributed by atoms with Gasteiger partial charge in [-0.3, -0.25) is 14.6 Å². The van der Waals surface area contributed by atoms with Crippen LogP contribution in [-0.4, -0.2) is 63.5 Å². The Balaban J connectivity index is 0.00000392. The molecule has 2 rings (SSSR count). The summed E-state index contributed by atoms with van der Waals surface area (Å²) in [6, 6.07) is 9.13. The Bertz CT molecular complexity index is 658. The van der Waals surface area contributed by atoms with Crippen LogP contribution in [0.15, 0.2) is 35.3 Å². The first-order valence-corrected chi connectivity index (χ1v) is 9.48. The number of carbonyl (C=O) groups is 2. The fraction of sp³-hybridized carbons (Fsp3) is 0.550. The summed E-state index contributed by atoms with van der Waals surface area (Å²) in [6.45, 7) is 1.60. The van der Waals surface area contributed by atoms with Gasteiger partial charge in [0.2, 0.25) is 5.91 Å². The van der Waals surface area contributed by atoms with E-state index < -0.39 is 0 Å². The molecule has 3 N–H and O–H groups in total. The van der Waals surface area contributed by atoms with Crippen molar-refractivity contribution in [1.82, 2.24) is 20.9 Å². The van der Waals surface area contributed by atoms with Gasteiger partial charge in [0.1, 0.15) is 0 Å². The number of guanidine groups is 1. The number of nitrogens with one attached hydrogen (secondary N) is 3. The molecule has 7 nitrogen and oxygen atoms in total. The SMILES string of the molecule is CN=C(NCCNC(=O)c1ccccc1)NCC1(C(=O)N(C)C)CCCC1.I. The molecule has 156 valence electrons. The minimum atomic E-state index is -0.345. The largest absolute Gasteiger partial charge is 0.355 e. The monoisotopic (exact) mass is 501 g/mol. The summed E-state index contributed by atoms with van der Waals surface area (Å²) in [5, 5.41) is 9.34. The van der Waals surface area contributed by atoms with Gasteiger partial charge in [0.05, 0.1) is 5.41 Å². The van der Waals surface area contributed by atoms with Crippen molar-refractivity contribution < 1.29 is 9.59 Å². The smallest absolute Gasteiger partial charge is 0.251 e. The third-order valence-corrected chi connectivity index (χ3v) is 4.98. The molecule has 0 atom stereocenters. The first kappa shape index (κ1) is 24.2. The van der Waals surface area contributed by atoms with Gasteiger partial charge in [-0.2, -0.15) is 0 Å². The molecule has 0 saturated heterocycles. The number of amides is 2. The highest BCUT2D eigenvalue weighted by Gasteiger charge is 2.42. The van der Waals surface area contributed by atoms with Gasteiger partial charge in [-0.25, -0.2) is 0 Å². The predicted molar refractivity (Wildman–Crippen MR) is 123 cm³/mol. The van der Waals surface area contributed by atoms with Crippen molar-refractivity contribution in [2.24, 2.45) is 10.4 Å². The van der Waals surface area contributed by atoms with E-state index in [9.17, 15) is 9.59 Å². The lowest BCUT2D eigenvalue weighted by molar-refractivity contribution is -0.138. The van der Waals surface area contributed by atoms with E-state index in [0.717, 1.165) is 25.7 Å². The molecule has 0 radical (unpaired) electrons. The van der Waals surface area contributed by atoms with Crippen LogP contribution in [0.3, 0.4) is 0 Å². The molecular formula is C20H32IN5O2. The van der Waals surface area contributed by atoms with Crippen molar-refractivity contribution in [3.63, 3.8) is 0 Å². The molecule has 28 heavy (non-hydrogen) atoms. The van der Waals surface area contributed by atoms with Crippen LogP contribution in [0.4, 0.5) is 0 Å². The summed E-state index contributed by atoms with van der Waals surface area (Å²) in [5.74, 6) is 0.724. The Morgan fingerprint density at radius 2 is 1.64 bits per heavy atom. The maximum Gasteiger partial charge on any atom is 0.251 e.